The van der Waals surface area contributed by atoms with E-state index < -0.39 is 0 Å². The summed E-state index contributed by atoms with van der Waals surface area (Å²) >= 11 is 0. The van der Waals surface area contributed by atoms with Gasteiger partial charge in [0, 0.05) is 31.4 Å². The second-order valence-electron chi connectivity index (χ2n) is 8.57. The van der Waals surface area contributed by atoms with Gasteiger partial charge in [-0.3, -0.25) is 4.99 Å². The molecule has 0 saturated heterocycles. The lowest BCUT2D eigenvalue weighted by Gasteiger charge is -2.27. The maximum Gasteiger partial charge on any atom is 0.132 e. The fourth-order valence-corrected chi connectivity index (χ4v) is 3.64. The Hall–Kier alpha value is -1.61. The maximum atomic E-state index is 4.52. The summed E-state index contributed by atoms with van der Waals surface area (Å²) in [7, 11) is 1.86. The van der Waals surface area contributed by atoms with E-state index in [-0.39, 0.29) is 5.41 Å². The Morgan fingerprint density at radius 1 is 1.28 bits per heavy atom. The lowest BCUT2D eigenvalue weighted by Crippen LogP contribution is -2.31. The van der Waals surface area contributed by atoms with E-state index in [0.717, 1.165) is 30.8 Å². The summed E-state index contributed by atoms with van der Waals surface area (Å²) < 4.78 is 0. The minimum Gasteiger partial charge on any atom is -0.346 e. The first-order valence-corrected chi connectivity index (χ1v) is 9.44. The molecule has 0 unspecified atom stereocenters. The fourth-order valence-electron chi connectivity index (χ4n) is 3.64. The molecule has 2 aliphatic rings. The molecule has 2 aliphatic heterocycles. The minimum atomic E-state index is 0.0537. The van der Waals surface area contributed by atoms with Gasteiger partial charge in [-0.1, -0.05) is 45.9 Å². The third-order valence-corrected chi connectivity index (χ3v) is 5.01. The number of hydrogen-bond acceptors (Lipinski definition) is 2. The van der Waals surface area contributed by atoms with E-state index in [0.29, 0.717) is 12.0 Å². The van der Waals surface area contributed by atoms with Gasteiger partial charge >= 0.3 is 0 Å². The Labute approximate surface area is 154 Å². The van der Waals surface area contributed by atoms with Crippen molar-refractivity contribution in [3.63, 3.8) is 0 Å². The molecule has 0 amide bonds. The molecule has 138 valence electrons. The number of rotatable bonds is 2. The van der Waals surface area contributed by atoms with E-state index >= 15 is 0 Å². The van der Waals surface area contributed by atoms with E-state index in [1.165, 1.54) is 22.3 Å². The summed E-state index contributed by atoms with van der Waals surface area (Å²) in [5, 5.41) is 7.00. The predicted molar refractivity (Wildman–Crippen MR) is 110 cm³/mol. The third kappa shape index (κ3) is 4.52. The van der Waals surface area contributed by atoms with Gasteiger partial charge < -0.3 is 10.6 Å². The van der Waals surface area contributed by atoms with Gasteiger partial charge in [0.05, 0.1) is 0 Å². The van der Waals surface area contributed by atoms with Crippen LogP contribution >= 0.6 is 0 Å². The van der Waals surface area contributed by atoms with Crippen LogP contribution in [0.25, 0.3) is 0 Å². The predicted octanol–water partition coefficient (Wildman–Crippen LogP) is 4.76. The molecule has 2 heterocycles. The largest absolute Gasteiger partial charge is 0.346 e. The lowest BCUT2D eigenvalue weighted by atomic mass is 9.78. The van der Waals surface area contributed by atoms with E-state index in [9.17, 15) is 0 Å². The van der Waals surface area contributed by atoms with Gasteiger partial charge in [-0.2, -0.15) is 0 Å². The number of amidine groups is 1. The van der Waals surface area contributed by atoms with Crippen molar-refractivity contribution < 1.29 is 0 Å². The number of allylic oxidation sites excluding steroid dienone is 3. The zero-order chi connectivity index (χ0) is 18.8. The number of aliphatic imine (C=N–C) groups is 1. The third-order valence-electron chi connectivity index (χ3n) is 5.01. The molecule has 0 aromatic rings. The van der Waals surface area contributed by atoms with Crippen molar-refractivity contribution in [3.05, 3.63) is 46.7 Å². The molecule has 0 aliphatic carbocycles. The zero-order valence-corrected chi connectivity index (χ0v) is 17.1. The Balaban J connectivity index is 2.65. The number of nitrogens with zero attached hydrogens (tertiary/aromatic N) is 1. The number of nitrogens with one attached hydrogen (secondary N) is 2. The first kappa shape index (κ1) is 19.7. The highest BCUT2D eigenvalue weighted by Crippen LogP contribution is 2.40. The van der Waals surface area contributed by atoms with Crippen LogP contribution in [0.2, 0.25) is 0 Å². The highest BCUT2D eigenvalue weighted by molar-refractivity contribution is 6.07. The lowest BCUT2D eigenvalue weighted by molar-refractivity contribution is 0.468. The number of hydrogen-bond donors (Lipinski definition) is 2. The molecule has 0 aromatic carbocycles. The Bertz CT molecular complexity index is 653. The second kappa shape index (κ2) is 7.74. The Morgan fingerprint density at radius 2 is 1.96 bits per heavy atom. The average Bonchev–Trinajstić information content (AvgIpc) is 2.92. The van der Waals surface area contributed by atoms with Crippen LogP contribution in [0, 0.1) is 11.3 Å². The Kier molecular flexibility index (Phi) is 6.10. The molecule has 2 atom stereocenters. The van der Waals surface area contributed by atoms with Gasteiger partial charge in [-0.05, 0) is 54.7 Å². The smallest absolute Gasteiger partial charge is 0.132 e. The monoisotopic (exact) mass is 341 g/mol. The van der Waals surface area contributed by atoms with Crippen molar-refractivity contribution in [1.82, 2.24) is 10.6 Å². The molecule has 2 N–H and O–H groups in total. The van der Waals surface area contributed by atoms with Crippen molar-refractivity contribution in [2.75, 3.05) is 13.6 Å². The normalized spacial score (nSPS) is 30.8. The van der Waals surface area contributed by atoms with Crippen molar-refractivity contribution in [3.8, 4) is 0 Å². The van der Waals surface area contributed by atoms with Crippen LogP contribution in [-0.4, -0.2) is 25.5 Å². The van der Waals surface area contributed by atoms with Crippen LogP contribution in [0.4, 0.5) is 0 Å². The molecule has 2 rings (SSSR count). The molecule has 25 heavy (non-hydrogen) atoms. The minimum absolute atomic E-state index is 0.0537. The molecule has 0 radical (unpaired) electrons. The molecule has 3 nitrogen and oxygen atoms in total. The van der Waals surface area contributed by atoms with E-state index in [1.54, 1.807) is 0 Å². The van der Waals surface area contributed by atoms with E-state index in [2.05, 4.69) is 76.0 Å². The van der Waals surface area contributed by atoms with Gasteiger partial charge in [-0.15, -0.1) is 0 Å². The standard InChI is InChI=1S/C22H35N3/c1-14(2)19(17-10-9-16(4)24-12-15(3)11-17)20-18(22(5,6)7)13-25-21(20)23-8/h11,13,15-16,24H,1,9-10,12H2,2-8H3,(H,23,25)/b17-11-,20-19+/t15-,16-/m1/s1. The van der Waals surface area contributed by atoms with Crippen LogP contribution in [0.3, 0.4) is 0 Å². The first-order chi connectivity index (χ1) is 11.6. The van der Waals surface area contributed by atoms with Gasteiger partial charge in [0.25, 0.3) is 0 Å². The molecule has 0 aromatic heterocycles. The SMILES string of the molecule is C=C(C)C(/C1=C\[C@@H](C)CN[C@H](C)CC1)=C1/C(C(C)(C)C)=CN/C1=N/C. The quantitative estimate of drug-likeness (QED) is 0.760. The molecular weight excluding hydrogens is 306 g/mol. The van der Waals surface area contributed by atoms with Crippen molar-refractivity contribution >= 4 is 5.84 Å². The summed E-state index contributed by atoms with van der Waals surface area (Å²) in [5.74, 6) is 1.47. The molecule has 0 bridgehead atoms. The van der Waals surface area contributed by atoms with Crippen molar-refractivity contribution in [2.45, 2.75) is 60.4 Å². The summed E-state index contributed by atoms with van der Waals surface area (Å²) in [6, 6.07) is 0.543. The second-order valence-corrected chi connectivity index (χ2v) is 8.57. The van der Waals surface area contributed by atoms with Crippen molar-refractivity contribution in [1.29, 1.82) is 0 Å². The van der Waals surface area contributed by atoms with Crippen LogP contribution in [-0.2, 0) is 0 Å². The first-order valence-electron chi connectivity index (χ1n) is 9.44. The fraction of sp³-hybridized carbons (Fsp3) is 0.591. The van der Waals surface area contributed by atoms with Gasteiger partial charge in [0.1, 0.15) is 5.84 Å². The summed E-state index contributed by atoms with van der Waals surface area (Å²) in [5.41, 5.74) is 6.43. The zero-order valence-electron chi connectivity index (χ0n) is 17.1. The van der Waals surface area contributed by atoms with Gasteiger partial charge in [0.15, 0.2) is 0 Å². The van der Waals surface area contributed by atoms with Gasteiger partial charge in [0.2, 0.25) is 0 Å². The Morgan fingerprint density at radius 3 is 2.52 bits per heavy atom. The van der Waals surface area contributed by atoms with Crippen LogP contribution in [0.1, 0.15) is 54.4 Å². The molecule has 3 heteroatoms. The van der Waals surface area contributed by atoms with Crippen LogP contribution in [0.5, 0.6) is 0 Å². The maximum absolute atomic E-state index is 4.52. The highest BCUT2D eigenvalue weighted by Gasteiger charge is 2.31. The van der Waals surface area contributed by atoms with Gasteiger partial charge in [-0.25, -0.2) is 0 Å². The summed E-state index contributed by atoms with van der Waals surface area (Å²) in [4.78, 5) is 4.52. The average molecular weight is 342 g/mol. The molecule has 0 saturated carbocycles. The van der Waals surface area contributed by atoms with Crippen molar-refractivity contribution in [2.24, 2.45) is 16.3 Å². The summed E-state index contributed by atoms with van der Waals surface area (Å²) in [6.45, 7) is 18.8. The van der Waals surface area contributed by atoms with E-state index in [1.807, 2.05) is 7.05 Å². The van der Waals surface area contributed by atoms with E-state index in [4.69, 9.17) is 0 Å². The van der Waals surface area contributed by atoms with Crippen LogP contribution < -0.4 is 10.6 Å². The molecular formula is C22H35N3. The van der Waals surface area contributed by atoms with Crippen LogP contribution in [0.15, 0.2) is 51.7 Å². The highest BCUT2D eigenvalue weighted by atomic mass is 15.0. The molecule has 0 spiro atoms. The topological polar surface area (TPSA) is 36.4 Å². The molecule has 0 fully saturated rings. The summed E-state index contributed by atoms with van der Waals surface area (Å²) in [6.07, 6.45) is 6.77.